The number of morpholine rings is 1. The fraction of sp³-hybridized carbons (Fsp3) is 0.632. The van der Waals surface area contributed by atoms with Gasteiger partial charge in [-0.1, -0.05) is 26.0 Å². The molecule has 1 unspecified atom stereocenters. The van der Waals surface area contributed by atoms with Crippen molar-refractivity contribution in [1.29, 1.82) is 0 Å². The number of nitrogens with zero attached hydrogens (tertiary/aromatic N) is 1. The highest BCUT2D eigenvalue weighted by atomic mass is 16.5. The second kappa shape index (κ2) is 10.3. The van der Waals surface area contributed by atoms with Gasteiger partial charge in [0.2, 0.25) is 0 Å². The van der Waals surface area contributed by atoms with Gasteiger partial charge in [-0.3, -0.25) is 9.69 Å². The average molecular weight is 334 g/mol. The molecular formula is C19H30N2O3. The fourth-order valence-electron chi connectivity index (χ4n) is 2.68. The van der Waals surface area contributed by atoms with Crippen molar-refractivity contribution in [3.8, 4) is 5.75 Å². The summed E-state index contributed by atoms with van der Waals surface area (Å²) < 4.78 is 10.9. The molecule has 1 saturated heterocycles. The molecule has 1 aliphatic heterocycles. The van der Waals surface area contributed by atoms with Gasteiger partial charge >= 0.3 is 0 Å². The SMILES string of the molecule is CCC(C)c1ccc(OCC(=O)NCCCN2CCOCC2)cc1. The molecule has 1 aromatic rings. The van der Waals surface area contributed by atoms with Gasteiger partial charge in [0.1, 0.15) is 5.75 Å². The van der Waals surface area contributed by atoms with Crippen LogP contribution in [0.15, 0.2) is 24.3 Å². The van der Waals surface area contributed by atoms with E-state index in [1.54, 1.807) is 0 Å². The zero-order valence-corrected chi connectivity index (χ0v) is 14.9. The number of carbonyl (C=O) groups is 1. The summed E-state index contributed by atoms with van der Waals surface area (Å²) in [6.07, 6.45) is 2.07. The van der Waals surface area contributed by atoms with Crippen molar-refractivity contribution < 1.29 is 14.3 Å². The molecule has 0 aromatic heterocycles. The lowest BCUT2D eigenvalue weighted by Crippen LogP contribution is -2.38. The molecule has 0 aliphatic carbocycles. The van der Waals surface area contributed by atoms with Crippen LogP contribution in [0.2, 0.25) is 0 Å². The molecule has 5 nitrogen and oxygen atoms in total. The maximum Gasteiger partial charge on any atom is 0.257 e. The molecule has 0 bridgehead atoms. The maximum absolute atomic E-state index is 11.8. The minimum Gasteiger partial charge on any atom is -0.484 e. The summed E-state index contributed by atoms with van der Waals surface area (Å²) in [4.78, 5) is 14.2. The Balaban J connectivity index is 1.58. The summed E-state index contributed by atoms with van der Waals surface area (Å²) in [7, 11) is 0. The van der Waals surface area contributed by atoms with Gasteiger partial charge in [0.05, 0.1) is 13.2 Å². The minimum absolute atomic E-state index is 0.0667. The van der Waals surface area contributed by atoms with Crippen molar-refractivity contribution in [2.24, 2.45) is 0 Å². The van der Waals surface area contributed by atoms with Crippen LogP contribution in [-0.2, 0) is 9.53 Å². The quantitative estimate of drug-likeness (QED) is 0.705. The standard InChI is InChI=1S/C19H30N2O3/c1-3-16(2)17-5-7-18(8-6-17)24-15-19(22)20-9-4-10-21-11-13-23-14-12-21/h5-8,16H,3-4,9-15H2,1-2H3,(H,20,22). The van der Waals surface area contributed by atoms with Crippen LogP contribution < -0.4 is 10.1 Å². The Morgan fingerprint density at radius 1 is 1.29 bits per heavy atom. The van der Waals surface area contributed by atoms with E-state index < -0.39 is 0 Å². The number of hydrogen-bond donors (Lipinski definition) is 1. The molecule has 1 aromatic carbocycles. The molecule has 24 heavy (non-hydrogen) atoms. The molecule has 0 radical (unpaired) electrons. The van der Waals surface area contributed by atoms with Crippen molar-refractivity contribution >= 4 is 5.91 Å². The van der Waals surface area contributed by atoms with Gasteiger partial charge in [0, 0.05) is 19.6 Å². The lowest BCUT2D eigenvalue weighted by molar-refractivity contribution is -0.123. The van der Waals surface area contributed by atoms with E-state index in [0.717, 1.165) is 51.4 Å². The monoisotopic (exact) mass is 334 g/mol. The second-order valence-electron chi connectivity index (χ2n) is 6.32. The molecule has 134 valence electrons. The number of nitrogens with one attached hydrogen (secondary N) is 1. The van der Waals surface area contributed by atoms with Crippen LogP contribution in [-0.4, -0.2) is 56.8 Å². The van der Waals surface area contributed by atoms with Gasteiger partial charge in [-0.15, -0.1) is 0 Å². The topological polar surface area (TPSA) is 50.8 Å². The Morgan fingerprint density at radius 3 is 2.67 bits per heavy atom. The highest BCUT2D eigenvalue weighted by Crippen LogP contribution is 2.21. The smallest absolute Gasteiger partial charge is 0.257 e. The fourth-order valence-corrected chi connectivity index (χ4v) is 2.68. The summed E-state index contributed by atoms with van der Waals surface area (Å²) in [6, 6.07) is 8.02. The van der Waals surface area contributed by atoms with Gasteiger partial charge < -0.3 is 14.8 Å². The number of rotatable bonds is 9. The van der Waals surface area contributed by atoms with Crippen LogP contribution in [0.25, 0.3) is 0 Å². The van der Waals surface area contributed by atoms with E-state index in [-0.39, 0.29) is 12.5 Å². The summed E-state index contributed by atoms with van der Waals surface area (Å²) in [5.41, 5.74) is 1.30. The van der Waals surface area contributed by atoms with Crippen LogP contribution in [0.5, 0.6) is 5.75 Å². The average Bonchev–Trinajstić information content (AvgIpc) is 2.64. The van der Waals surface area contributed by atoms with Gasteiger partial charge in [0.25, 0.3) is 5.91 Å². The summed E-state index contributed by atoms with van der Waals surface area (Å²) >= 11 is 0. The number of hydrogen-bond acceptors (Lipinski definition) is 4. The van der Waals surface area contributed by atoms with Crippen LogP contribution in [0.4, 0.5) is 0 Å². The van der Waals surface area contributed by atoms with Crippen molar-refractivity contribution in [2.45, 2.75) is 32.6 Å². The lowest BCUT2D eigenvalue weighted by atomic mass is 9.99. The third-order valence-electron chi connectivity index (χ3n) is 4.51. The van der Waals surface area contributed by atoms with Gasteiger partial charge in [-0.25, -0.2) is 0 Å². The van der Waals surface area contributed by atoms with Crippen molar-refractivity contribution in [2.75, 3.05) is 46.0 Å². The van der Waals surface area contributed by atoms with E-state index in [1.807, 2.05) is 12.1 Å². The van der Waals surface area contributed by atoms with Crippen molar-refractivity contribution in [1.82, 2.24) is 10.2 Å². The third-order valence-corrected chi connectivity index (χ3v) is 4.51. The Hall–Kier alpha value is -1.59. The number of amides is 1. The normalized spacial score (nSPS) is 16.6. The van der Waals surface area contributed by atoms with E-state index in [4.69, 9.17) is 9.47 Å². The van der Waals surface area contributed by atoms with Gasteiger partial charge in [-0.2, -0.15) is 0 Å². The number of carbonyl (C=O) groups excluding carboxylic acids is 1. The first-order chi connectivity index (χ1) is 11.7. The molecule has 0 spiro atoms. The Kier molecular flexibility index (Phi) is 8.05. The van der Waals surface area contributed by atoms with Crippen LogP contribution in [0, 0.1) is 0 Å². The maximum atomic E-state index is 11.8. The van der Waals surface area contributed by atoms with Gasteiger partial charge in [0.15, 0.2) is 6.61 Å². The Labute approximate surface area is 145 Å². The van der Waals surface area contributed by atoms with Crippen LogP contribution in [0.1, 0.15) is 38.2 Å². The molecule has 1 atom stereocenters. The van der Waals surface area contributed by atoms with Crippen molar-refractivity contribution in [3.63, 3.8) is 0 Å². The molecule has 1 aliphatic rings. The van der Waals surface area contributed by atoms with E-state index in [2.05, 4.69) is 36.2 Å². The number of ether oxygens (including phenoxy) is 2. The van der Waals surface area contributed by atoms with Crippen molar-refractivity contribution in [3.05, 3.63) is 29.8 Å². The van der Waals surface area contributed by atoms with E-state index in [1.165, 1.54) is 5.56 Å². The van der Waals surface area contributed by atoms with E-state index >= 15 is 0 Å². The van der Waals surface area contributed by atoms with E-state index in [0.29, 0.717) is 12.5 Å². The van der Waals surface area contributed by atoms with Crippen LogP contribution in [0.3, 0.4) is 0 Å². The molecule has 1 N–H and O–H groups in total. The molecule has 5 heteroatoms. The lowest BCUT2D eigenvalue weighted by Gasteiger charge is -2.26. The first-order valence-corrected chi connectivity index (χ1v) is 8.98. The molecule has 1 fully saturated rings. The first-order valence-electron chi connectivity index (χ1n) is 8.98. The largest absolute Gasteiger partial charge is 0.484 e. The highest BCUT2D eigenvalue weighted by molar-refractivity contribution is 5.77. The third kappa shape index (κ3) is 6.49. The summed E-state index contributed by atoms with van der Waals surface area (Å²) in [6.45, 7) is 9.76. The second-order valence-corrected chi connectivity index (χ2v) is 6.32. The molecular weight excluding hydrogens is 304 g/mol. The number of benzene rings is 1. The molecule has 2 rings (SSSR count). The molecule has 0 saturated carbocycles. The van der Waals surface area contributed by atoms with Gasteiger partial charge in [-0.05, 0) is 43.0 Å². The predicted octanol–water partition coefficient (Wildman–Crippen LogP) is 2.42. The zero-order chi connectivity index (χ0) is 17.2. The molecule has 1 heterocycles. The zero-order valence-electron chi connectivity index (χ0n) is 14.9. The minimum atomic E-state index is -0.0667. The first kappa shape index (κ1) is 18.7. The summed E-state index contributed by atoms with van der Waals surface area (Å²) in [5, 5.41) is 2.91. The van der Waals surface area contributed by atoms with Crippen LogP contribution >= 0.6 is 0 Å². The highest BCUT2D eigenvalue weighted by Gasteiger charge is 2.10. The summed E-state index contributed by atoms with van der Waals surface area (Å²) in [5.74, 6) is 1.22. The van der Waals surface area contributed by atoms with E-state index in [9.17, 15) is 4.79 Å². The predicted molar refractivity (Wildman–Crippen MR) is 95.5 cm³/mol. The Morgan fingerprint density at radius 2 is 2.00 bits per heavy atom. The Bertz CT molecular complexity index is 484. The molecule has 1 amide bonds.